The molecule has 5 nitrogen and oxygen atoms in total. The molecule has 23 heavy (non-hydrogen) atoms. The van der Waals surface area contributed by atoms with Gasteiger partial charge in [-0.15, -0.1) is 5.10 Å². The van der Waals surface area contributed by atoms with E-state index in [-0.39, 0.29) is 16.7 Å². The molecule has 0 saturated carbocycles. The Kier molecular flexibility index (Phi) is 4.43. The van der Waals surface area contributed by atoms with Crippen LogP contribution in [0.5, 0.6) is 5.88 Å². The van der Waals surface area contributed by atoms with Gasteiger partial charge in [-0.1, -0.05) is 17.7 Å². The number of carbonyl (C=O) groups is 1. The SMILES string of the molecule is Cc1ccc(OC2CCN(C(=O)c3c(F)cccc3Cl)C2)nn1. The van der Waals surface area contributed by atoms with Gasteiger partial charge in [0.2, 0.25) is 5.88 Å². The van der Waals surface area contributed by atoms with Crippen LogP contribution in [0.4, 0.5) is 4.39 Å². The van der Waals surface area contributed by atoms with Crippen LogP contribution in [0.25, 0.3) is 0 Å². The second-order valence-corrected chi connectivity index (χ2v) is 5.80. The molecule has 0 N–H and O–H groups in total. The minimum Gasteiger partial charge on any atom is -0.471 e. The first-order valence-corrected chi connectivity index (χ1v) is 7.62. The smallest absolute Gasteiger partial charge is 0.258 e. The Bertz CT molecular complexity index is 704. The largest absolute Gasteiger partial charge is 0.471 e. The Labute approximate surface area is 138 Å². The molecule has 1 saturated heterocycles. The monoisotopic (exact) mass is 335 g/mol. The van der Waals surface area contributed by atoms with Gasteiger partial charge in [-0.2, -0.15) is 5.10 Å². The molecule has 1 fully saturated rings. The van der Waals surface area contributed by atoms with E-state index < -0.39 is 11.7 Å². The maximum absolute atomic E-state index is 13.9. The van der Waals surface area contributed by atoms with E-state index in [9.17, 15) is 9.18 Å². The molecule has 1 aliphatic rings. The van der Waals surface area contributed by atoms with Gasteiger partial charge in [-0.3, -0.25) is 4.79 Å². The van der Waals surface area contributed by atoms with Crippen molar-refractivity contribution >= 4 is 17.5 Å². The van der Waals surface area contributed by atoms with Crippen molar-refractivity contribution in [2.45, 2.75) is 19.4 Å². The van der Waals surface area contributed by atoms with Crippen molar-refractivity contribution in [1.29, 1.82) is 0 Å². The van der Waals surface area contributed by atoms with Crippen LogP contribution in [-0.4, -0.2) is 40.2 Å². The fourth-order valence-corrected chi connectivity index (χ4v) is 2.73. The van der Waals surface area contributed by atoms with Crippen LogP contribution in [0, 0.1) is 12.7 Å². The van der Waals surface area contributed by atoms with Crippen LogP contribution < -0.4 is 4.74 Å². The highest BCUT2D eigenvalue weighted by molar-refractivity contribution is 6.33. The third kappa shape index (κ3) is 3.42. The van der Waals surface area contributed by atoms with Crippen molar-refractivity contribution in [3.05, 3.63) is 52.4 Å². The summed E-state index contributed by atoms with van der Waals surface area (Å²) in [7, 11) is 0. The van der Waals surface area contributed by atoms with Gasteiger partial charge < -0.3 is 9.64 Å². The number of aromatic nitrogens is 2. The van der Waals surface area contributed by atoms with E-state index in [1.807, 2.05) is 6.92 Å². The summed E-state index contributed by atoms with van der Waals surface area (Å²) in [6.07, 6.45) is 0.453. The van der Waals surface area contributed by atoms with Crippen LogP contribution in [0.15, 0.2) is 30.3 Å². The molecule has 0 aliphatic carbocycles. The second kappa shape index (κ2) is 6.50. The quantitative estimate of drug-likeness (QED) is 0.865. The summed E-state index contributed by atoms with van der Waals surface area (Å²) in [6.45, 7) is 2.68. The summed E-state index contributed by atoms with van der Waals surface area (Å²) in [5, 5.41) is 7.98. The lowest BCUT2D eigenvalue weighted by Gasteiger charge is -2.18. The maximum Gasteiger partial charge on any atom is 0.258 e. The summed E-state index contributed by atoms with van der Waals surface area (Å²) in [5.74, 6) is -0.621. The van der Waals surface area contributed by atoms with Crippen LogP contribution in [0.2, 0.25) is 5.02 Å². The standard InChI is InChI=1S/C16H15ClFN3O2/c1-10-5-6-14(20-19-10)23-11-7-8-21(9-11)16(22)15-12(17)3-2-4-13(15)18/h2-6,11H,7-9H2,1H3. The number of nitrogens with zero attached hydrogens (tertiary/aromatic N) is 3. The second-order valence-electron chi connectivity index (χ2n) is 5.39. The summed E-state index contributed by atoms with van der Waals surface area (Å²) in [5.41, 5.74) is 0.708. The van der Waals surface area contributed by atoms with E-state index in [4.69, 9.17) is 16.3 Å². The van der Waals surface area contributed by atoms with Gasteiger partial charge >= 0.3 is 0 Å². The molecule has 2 heterocycles. The topological polar surface area (TPSA) is 55.3 Å². The molecule has 0 radical (unpaired) electrons. The van der Waals surface area contributed by atoms with Gasteiger partial charge in [0.1, 0.15) is 11.9 Å². The molecular formula is C16H15ClFN3O2. The highest BCUT2D eigenvalue weighted by Crippen LogP contribution is 2.24. The third-order valence-electron chi connectivity index (χ3n) is 3.67. The number of ether oxygens (including phenoxy) is 1. The zero-order valence-corrected chi connectivity index (χ0v) is 13.3. The summed E-state index contributed by atoms with van der Waals surface area (Å²) < 4.78 is 19.6. The maximum atomic E-state index is 13.9. The molecule has 1 atom stereocenters. The molecule has 3 rings (SSSR count). The predicted molar refractivity (Wildman–Crippen MR) is 83.1 cm³/mol. The summed E-state index contributed by atoms with van der Waals surface area (Å²) in [4.78, 5) is 14.0. The van der Waals surface area contributed by atoms with Crippen molar-refractivity contribution in [1.82, 2.24) is 15.1 Å². The minimum atomic E-state index is -0.615. The van der Waals surface area contributed by atoms with E-state index in [1.165, 1.54) is 23.1 Å². The lowest BCUT2D eigenvalue weighted by Crippen LogP contribution is -2.31. The van der Waals surface area contributed by atoms with Crippen molar-refractivity contribution in [3.63, 3.8) is 0 Å². The third-order valence-corrected chi connectivity index (χ3v) is 3.98. The van der Waals surface area contributed by atoms with Crippen molar-refractivity contribution in [2.75, 3.05) is 13.1 Å². The molecule has 120 valence electrons. The van der Waals surface area contributed by atoms with Crippen LogP contribution in [0.3, 0.4) is 0 Å². The molecule has 1 aromatic heterocycles. The molecule has 1 aliphatic heterocycles. The Morgan fingerprint density at radius 2 is 2.17 bits per heavy atom. The highest BCUT2D eigenvalue weighted by atomic mass is 35.5. The molecular weight excluding hydrogens is 321 g/mol. The average Bonchev–Trinajstić information content (AvgIpc) is 2.98. The van der Waals surface area contributed by atoms with E-state index in [2.05, 4.69) is 10.2 Å². The number of hydrogen-bond donors (Lipinski definition) is 0. The first-order chi connectivity index (χ1) is 11.0. The fraction of sp³-hybridized carbons (Fsp3) is 0.312. The molecule has 0 spiro atoms. The molecule has 0 bridgehead atoms. The van der Waals surface area contributed by atoms with Crippen molar-refractivity contribution in [3.8, 4) is 5.88 Å². The Balaban J connectivity index is 1.67. The number of likely N-dealkylation sites (tertiary alicyclic amines) is 1. The Morgan fingerprint density at radius 3 is 2.87 bits per heavy atom. The average molecular weight is 336 g/mol. The van der Waals surface area contributed by atoms with Crippen molar-refractivity contribution < 1.29 is 13.9 Å². The predicted octanol–water partition coefficient (Wildman–Crippen LogP) is 2.87. The molecule has 7 heteroatoms. The normalized spacial score (nSPS) is 17.3. The van der Waals surface area contributed by atoms with Crippen LogP contribution in [0.1, 0.15) is 22.5 Å². The molecule has 1 unspecified atom stereocenters. The zero-order chi connectivity index (χ0) is 16.4. The number of carbonyl (C=O) groups excluding carboxylic acids is 1. The van der Waals surface area contributed by atoms with Gasteiger partial charge in [0.15, 0.2) is 0 Å². The number of rotatable bonds is 3. The molecule has 1 amide bonds. The van der Waals surface area contributed by atoms with Crippen molar-refractivity contribution in [2.24, 2.45) is 0 Å². The van der Waals surface area contributed by atoms with E-state index in [1.54, 1.807) is 12.1 Å². The van der Waals surface area contributed by atoms with E-state index in [0.29, 0.717) is 25.4 Å². The number of amides is 1. The van der Waals surface area contributed by atoms with Gasteiger partial charge in [-0.05, 0) is 25.1 Å². The summed E-state index contributed by atoms with van der Waals surface area (Å²) >= 11 is 5.95. The Morgan fingerprint density at radius 1 is 1.35 bits per heavy atom. The summed E-state index contributed by atoms with van der Waals surface area (Å²) in [6, 6.07) is 7.75. The first-order valence-electron chi connectivity index (χ1n) is 7.25. The highest BCUT2D eigenvalue weighted by Gasteiger charge is 2.30. The lowest BCUT2D eigenvalue weighted by molar-refractivity contribution is 0.0766. The fourth-order valence-electron chi connectivity index (χ4n) is 2.49. The first kappa shape index (κ1) is 15.7. The van der Waals surface area contributed by atoms with Gasteiger partial charge in [-0.25, -0.2) is 4.39 Å². The minimum absolute atomic E-state index is 0.0926. The Hall–Kier alpha value is -2.21. The van der Waals surface area contributed by atoms with Crippen LogP contribution >= 0.6 is 11.6 Å². The van der Waals surface area contributed by atoms with Gasteiger partial charge in [0.25, 0.3) is 5.91 Å². The van der Waals surface area contributed by atoms with Gasteiger partial charge in [0.05, 0.1) is 22.8 Å². The number of hydrogen-bond acceptors (Lipinski definition) is 4. The zero-order valence-electron chi connectivity index (χ0n) is 12.5. The lowest BCUT2D eigenvalue weighted by atomic mass is 10.2. The van der Waals surface area contributed by atoms with Crippen LogP contribution in [-0.2, 0) is 0 Å². The number of halogens is 2. The van der Waals surface area contributed by atoms with E-state index >= 15 is 0 Å². The number of aryl methyl sites for hydroxylation is 1. The van der Waals surface area contributed by atoms with Gasteiger partial charge in [0, 0.05) is 19.0 Å². The van der Waals surface area contributed by atoms with E-state index in [0.717, 1.165) is 5.69 Å². The molecule has 2 aromatic rings. The number of benzene rings is 1. The molecule has 1 aromatic carbocycles.